The average molecular weight is 269 g/mol. The van der Waals surface area contributed by atoms with Crippen LogP contribution in [0.5, 0.6) is 5.75 Å². The Morgan fingerprint density at radius 1 is 1.10 bits per heavy atom. The summed E-state index contributed by atoms with van der Waals surface area (Å²) in [6, 6.07) is 13.1. The van der Waals surface area contributed by atoms with Gasteiger partial charge in [-0.1, -0.05) is 30.3 Å². The minimum Gasteiger partial charge on any atom is -0.508 e. The molecule has 1 atom stereocenters. The Bertz CT molecular complexity index is 620. The minimum atomic E-state index is -0.218. The molecule has 2 N–H and O–H groups in total. The van der Waals surface area contributed by atoms with Gasteiger partial charge in [-0.15, -0.1) is 0 Å². The van der Waals surface area contributed by atoms with Gasteiger partial charge in [0, 0.05) is 5.69 Å². The number of hydrogen-bond acceptors (Lipinski definition) is 2. The number of carbonyl (C=O) groups is 1. The van der Waals surface area contributed by atoms with Crippen molar-refractivity contribution in [2.75, 3.05) is 5.32 Å². The normalized spacial score (nSPS) is 11.9. The molecule has 1 amide bonds. The number of hydrogen-bond donors (Lipinski definition) is 2. The van der Waals surface area contributed by atoms with E-state index in [4.69, 9.17) is 0 Å². The number of amides is 1. The van der Waals surface area contributed by atoms with Crippen LogP contribution in [0.4, 0.5) is 5.69 Å². The summed E-state index contributed by atoms with van der Waals surface area (Å²) in [6.45, 7) is 5.56. The average Bonchev–Trinajstić information content (AvgIpc) is 2.44. The van der Waals surface area contributed by atoms with Crippen LogP contribution >= 0.6 is 0 Å². The van der Waals surface area contributed by atoms with Crippen LogP contribution < -0.4 is 5.32 Å². The first-order chi connectivity index (χ1) is 9.49. The van der Waals surface area contributed by atoms with Gasteiger partial charge in [-0.3, -0.25) is 4.79 Å². The molecule has 0 saturated heterocycles. The molecule has 0 bridgehead atoms. The van der Waals surface area contributed by atoms with Gasteiger partial charge in [-0.25, -0.2) is 0 Å². The van der Waals surface area contributed by atoms with Crippen LogP contribution in [0.3, 0.4) is 0 Å². The predicted molar refractivity (Wildman–Crippen MR) is 81.1 cm³/mol. The standard InChI is InChI=1S/C17H19NO2/c1-11-10-16(19)12(2)9-15(11)18-17(20)13(3)14-7-5-4-6-8-14/h4-10,13,19H,1-3H3,(H,18,20). The van der Waals surface area contributed by atoms with Gasteiger partial charge in [-0.2, -0.15) is 0 Å². The second kappa shape index (κ2) is 5.78. The predicted octanol–water partition coefficient (Wildman–Crippen LogP) is 3.75. The molecule has 0 aliphatic rings. The second-order valence-corrected chi connectivity index (χ2v) is 5.08. The Balaban J connectivity index is 2.18. The maximum absolute atomic E-state index is 12.3. The Morgan fingerprint density at radius 2 is 1.75 bits per heavy atom. The lowest BCUT2D eigenvalue weighted by Crippen LogP contribution is -2.19. The van der Waals surface area contributed by atoms with Gasteiger partial charge in [0.05, 0.1) is 5.92 Å². The van der Waals surface area contributed by atoms with Gasteiger partial charge in [0.15, 0.2) is 0 Å². The van der Waals surface area contributed by atoms with Crippen molar-refractivity contribution >= 4 is 11.6 Å². The molecular formula is C17H19NO2. The van der Waals surface area contributed by atoms with Gasteiger partial charge in [0.25, 0.3) is 0 Å². The molecule has 0 fully saturated rings. The van der Waals surface area contributed by atoms with Crippen LogP contribution in [0.15, 0.2) is 42.5 Å². The number of aromatic hydroxyl groups is 1. The fourth-order valence-corrected chi connectivity index (χ4v) is 2.07. The third-order valence-electron chi connectivity index (χ3n) is 3.49. The third-order valence-corrected chi connectivity index (χ3v) is 3.49. The lowest BCUT2D eigenvalue weighted by molar-refractivity contribution is -0.117. The van der Waals surface area contributed by atoms with Gasteiger partial charge >= 0.3 is 0 Å². The van der Waals surface area contributed by atoms with Crippen molar-refractivity contribution in [2.24, 2.45) is 0 Å². The smallest absolute Gasteiger partial charge is 0.231 e. The van der Waals surface area contributed by atoms with E-state index in [9.17, 15) is 9.90 Å². The number of phenolic OH excluding ortho intramolecular Hbond substituents is 1. The SMILES string of the molecule is Cc1cc(NC(=O)C(C)c2ccccc2)c(C)cc1O. The van der Waals surface area contributed by atoms with E-state index in [1.165, 1.54) is 0 Å². The summed E-state index contributed by atoms with van der Waals surface area (Å²) in [7, 11) is 0. The van der Waals surface area contributed by atoms with Crippen molar-refractivity contribution in [3.05, 3.63) is 59.2 Å². The molecule has 20 heavy (non-hydrogen) atoms. The Kier molecular flexibility index (Phi) is 4.08. The van der Waals surface area contributed by atoms with E-state index >= 15 is 0 Å². The van der Waals surface area contributed by atoms with E-state index in [0.717, 1.165) is 22.4 Å². The first-order valence-corrected chi connectivity index (χ1v) is 6.65. The summed E-state index contributed by atoms with van der Waals surface area (Å²) in [6.07, 6.45) is 0. The lowest BCUT2D eigenvalue weighted by atomic mass is 10.00. The molecule has 0 saturated carbocycles. The molecule has 0 radical (unpaired) electrons. The number of nitrogens with one attached hydrogen (secondary N) is 1. The Morgan fingerprint density at radius 3 is 2.40 bits per heavy atom. The third kappa shape index (κ3) is 2.99. The Labute approximate surface area is 119 Å². The maximum atomic E-state index is 12.3. The molecule has 1 unspecified atom stereocenters. The first-order valence-electron chi connectivity index (χ1n) is 6.65. The van der Waals surface area contributed by atoms with Crippen LogP contribution in [0, 0.1) is 13.8 Å². The molecule has 0 aliphatic carbocycles. The zero-order chi connectivity index (χ0) is 14.7. The van der Waals surface area contributed by atoms with Crippen LogP contribution in [-0.2, 0) is 4.79 Å². The van der Waals surface area contributed by atoms with Crippen LogP contribution in [0.2, 0.25) is 0 Å². The summed E-state index contributed by atoms with van der Waals surface area (Å²) in [4.78, 5) is 12.3. The van der Waals surface area contributed by atoms with Gasteiger partial charge in [0.2, 0.25) is 5.91 Å². The molecule has 0 heterocycles. The van der Waals surface area contributed by atoms with Gasteiger partial charge < -0.3 is 10.4 Å². The highest BCUT2D eigenvalue weighted by Crippen LogP contribution is 2.26. The lowest BCUT2D eigenvalue weighted by Gasteiger charge is -2.15. The van der Waals surface area contributed by atoms with E-state index in [0.29, 0.717) is 0 Å². The monoisotopic (exact) mass is 269 g/mol. The van der Waals surface area contributed by atoms with Crippen molar-refractivity contribution in [3.8, 4) is 5.75 Å². The fraction of sp³-hybridized carbons (Fsp3) is 0.235. The van der Waals surface area contributed by atoms with Crippen LogP contribution in [0.25, 0.3) is 0 Å². The summed E-state index contributed by atoms with van der Waals surface area (Å²) in [5.74, 6) is -0.0225. The highest BCUT2D eigenvalue weighted by molar-refractivity contribution is 5.96. The number of phenols is 1. The van der Waals surface area contributed by atoms with Gasteiger partial charge in [0.1, 0.15) is 5.75 Å². The van der Waals surface area contributed by atoms with Crippen LogP contribution in [0.1, 0.15) is 29.5 Å². The second-order valence-electron chi connectivity index (χ2n) is 5.08. The maximum Gasteiger partial charge on any atom is 0.231 e. The quantitative estimate of drug-likeness (QED) is 0.834. The zero-order valence-corrected chi connectivity index (χ0v) is 12.0. The van der Waals surface area contributed by atoms with E-state index in [-0.39, 0.29) is 17.6 Å². The van der Waals surface area contributed by atoms with E-state index < -0.39 is 0 Å². The fourth-order valence-electron chi connectivity index (χ4n) is 2.07. The summed E-state index contributed by atoms with van der Waals surface area (Å²) in [5, 5.41) is 12.6. The summed E-state index contributed by atoms with van der Waals surface area (Å²) >= 11 is 0. The molecule has 3 heteroatoms. The molecule has 2 rings (SSSR count). The topological polar surface area (TPSA) is 49.3 Å². The molecule has 104 valence electrons. The number of benzene rings is 2. The van der Waals surface area contributed by atoms with Crippen LogP contribution in [-0.4, -0.2) is 11.0 Å². The van der Waals surface area contributed by atoms with E-state index in [1.807, 2.05) is 51.1 Å². The molecular weight excluding hydrogens is 250 g/mol. The minimum absolute atomic E-state index is 0.0515. The molecule has 3 nitrogen and oxygen atoms in total. The highest BCUT2D eigenvalue weighted by atomic mass is 16.3. The van der Waals surface area contributed by atoms with E-state index in [1.54, 1.807) is 12.1 Å². The largest absolute Gasteiger partial charge is 0.508 e. The number of aryl methyl sites for hydroxylation is 2. The summed E-state index contributed by atoms with van der Waals surface area (Å²) in [5.41, 5.74) is 3.33. The number of carbonyl (C=O) groups excluding carboxylic acids is 1. The molecule has 0 spiro atoms. The van der Waals surface area contributed by atoms with Crippen molar-refractivity contribution in [1.82, 2.24) is 0 Å². The zero-order valence-electron chi connectivity index (χ0n) is 12.0. The van der Waals surface area contributed by atoms with Crippen molar-refractivity contribution in [3.63, 3.8) is 0 Å². The van der Waals surface area contributed by atoms with E-state index in [2.05, 4.69) is 5.32 Å². The molecule has 2 aromatic rings. The highest BCUT2D eigenvalue weighted by Gasteiger charge is 2.16. The van der Waals surface area contributed by atoms with Crippen molar-refractivity contribution in [2.45, 2.75) is 26.7 Å². The van der Waals surface area contributed by atoms with Crippen molar-refractivity contribution in [1.29, 1.82) is 0 Å². The molecule has 2 aromatic carbocycles. The molecule has 0 aliphatic heterocycles. The van der Waals surface area contributed by atoms with Crippen molar-refractivity contribution < 1.29 is 9.90 Å². The Hall–Kier alpha value is -2.29. The number of rotatable bonds is 3. The summed E-state index contributed by atoms with van der Waals surface area (Å²) < 4.78 is 0. The first kappa shape index (κ1) is 14.1. The number of anilines is 1. The molecule has 0 aromatic heterocycles. The van der Waals surface area contributed by atoms with Gasteiger partial charge in [-0.05, 0) is 49.6 Å².